The molecule has 0 fully saturated rings. The van der Waals surface area contributed by atoms with E-state index in [9.17, 15) is 115 Å². The van der Waals surface area contributed by atoms with Gasteiger partial charge in [0, 0.05) is 68.6 Å². The molecule has 0 aromatic carbocycles. The number of nitrogens with one attached hydrogen (secondary N) is 6. The summed E-state index contributed by atoms with van der Waals surface area (Å²) in [6, 6.07) is -8.89. The SMILES string of the molecule is CC(=O)[C@H](C)CC(=O)[C@@H](NC(=O)[C@H](C)CC(=O)[C@H](C)NC(=O)[C@@H](CC(=O)[C@H](C)NC(=O)[C@H](C)CC(=O)[C@@H](NC(=O)[C@H](C)CC(=O)[C@H](C)N)[C@@H](C)OP(=O)(O)O)[C@@H](C)OP(=O)(O)O)[C@@H](C)OP(=O)(O)O.CN[C@@H](C)C(=O)C[C@H](C(=O)N[C@@H](C)C(=O)C[C@@H](C)C(=O)O)[C@@H](C)OP(=O)(O)O. The maximum Gasteiger partial charge on any atom is 0.469 e. The van der Waals surface area contributed by atoms with Gasteiger partial charge in [-0.3, -0.25) is 85.2 Å². The van der Waals surface area contributed by atoms with Crippen LogP contribution in [-0.4, -0.2) is 200 Å². The number of aliphatic carboxylic acids is 1. The molecule has 0 spiro atoms. The summed E-state index contributed by atoms with van der Waals surface area (Å²) < 4.78 is 64.3. The van der Waals surface area contributed by atoms with E-state index in [0.717, 1.165) is 20.8 Å². The van der Waals surface area contributed by atoms with Crippen molar-refractivity contribution in [1.29, 1.82) is 0 Å². The first-order valence-corrected chi connectivity index (χ1v) is 36.3. The topological polar surface area (TPSA) is 624 Å². The average Bonchev–Trinajstić information content (AvgIpc) is 0.885. The third-order valence-electron chi connectivity index (χ3n) is 15.0. The smallest absolute Gasteiger partial charge is 0.469 e. The zero-order valence-corrected chi connectivity index (χ0v) is 60.3. The molecule has 0 aromatic heterocycles. The second-order valence-electron chi connectivity index (χ2n) is 24.0. The van der Waals surface area contributed by atoms with Gasteiger partial charge in [-0.1, -0.05) is 34.6 Å². The number of likely N-dealkylation sites (N-methyl/N-ethyl adjacent to an activating group) is 1. The van der Waals surface area contributed by atoms with Crippen molar-refractivity contribution in [2.24, 2.45) is 47.2 Å². The lowest BCUT2D eigenvalue weighted by atomic mass is 9.92. The van der Waals surface area contributed by atoms with E-state index < -0.39 is 235 Å². The van der Waals surface area contributed by atoms with Crippen LogP contribution in [0.5, 0.6) is 0 Å². The van der Waals surface area contributed by atoms with Gasteiger partial charge in [-0.15, -0.1) is 0 Å². The van der Waals surface area contributed by atoms with Crippen LogP contribution >= 0.6 is 31.3 Å². The highest BCUT2D eigenvalue weighted by atomic mass is 31.2. The average molecular weight is 1480 g/mol. The van der Waals surface area contributed by atoms with E-state index in [1.165, 1.54) is 83.2 Å². The summed E-state index contributed by atoms with van der Waals surface area (Å²) in [4.78, 5) is 252. The van der Waals surface area contributed by atoms with E-state index in [2.05, 4.69) is 50.0 Å². The van der Waals surface area contributed by atoms with Crippen molar-refractivity contribution >= 4 is 113 Å². The normalized spacial score (nSPS) is 17.7. The van der Waals surface area contributed by atoms with Crippen LogP contribution in [0.15, 0.2) is 0 Å². The number of rotatable bonds is 46. The van der Waals surface area contributed by atoms with Crippen LogP contribution in [0.1, 0.15) is 149 Å². The largest absolute Gasteiger partial charge is 0.481 e. The van der Waals surface area contributed by atoms with Crippen LogP contribution in [-0.2, 0) is 103 Å². The molecule has 38 nitrogen and oxygen atoms in total. The second kappa shape index (κ2) is 42.0. The third kappa shape index (κ3) is 38.1. The molecule has 0 heterocycles. The van der Waals surface area contributed by atoms with Gasteiger partial charge >= 0.3 is 37.3 Å². The van der Waals surface area contributed by atoms with E-state index in [4.69, 9.17) is 20.6 Å². The summed E-state index contributed by atoms with van der Waals surface area (Å²) in [5.74, 6) is -19.6. The molecule has 0 rings (SSSR count). The Morgan fingerprint density at radius 1 is 0.340 bits per heavy atom. The first-order chi connectivity index (χ1) is 43.9. The Hall–Kier alpha value is -5.46. The Morgan fingerprint density at radius 3 is 0.876 bits per heavy atom. The van der Waals surface area contributed by atoms with Gasteiger partial charge in [0.05, 0.1) is 72.4 Å². The summed E-state index contributed by atoms with van der Waals surface area (Å²) in [5, 5.41) is 23.1. The number of carbonyl (C=O) groups excluding carboxylic acids is 13. The molecule has 0 aliphatic heterocycles. The van der Waals surface area contributed by atoms with Gasteiger partial charge in [-0.2, -0.15) is 0 Å². The minimum atomic E-state index is -5.31. The molecule has 0 aromatic rings. The fourth-order valence-electron chi connectivity index (χ4n) is 8.59. The Labute approximate surface area is 560 Å². The molecule has 0 saturated heterocycles. The Balaban J connectivity index is 0. The van der Waals surface area contributed by atoms with Crippen LogP contribution in [0.4, 0.5) is 0 Å². The molecule has 18 atom stereocenters. The predicted octanol–water partition coefficient (Wildman–Crippen LogP) is -0.796. The number of hydrogen-bond acceptors (Lipinski definition) is 24. The first-order valence-electron chi connectivity index (χ1n) is 30.2. The molecule has 0 aliphatic rings. The summed E-state index contributed by atoms with van der Waals surface area (Å²) >= 11 is 0. The minimum absolute atomic E-state index is 0.300. The van der Waals surface area contributed by atoms with Gasteiger partial charge in [0.2, 0.25) is 29.5 Å². The van der Waals surface area contributed by atoms with Crippen molar-refractivity contribution in [3.8, 4) is 0 Å². The van der Waals surface area contributed by atoms with Crippen molar-refractivity contribution in [2.45, 2.75) is 216 Å². The van der Waals surface area contributed by atoms with Crippen molar-refractivity contribution in [1.82, 2.24) is 31.9 Å². The maximum atomic E-state index is 13.6. The lowest BCUT2D eigenvalue weighted by molar-refractivity contribution is -0.143. The highest BCUT2D eigenvalue weighted by Gasteiger charge is 2.41. The third-order valence-corrected chi connectivity index (χ3v) is 17.5. The number of phosphoric ester groups is 4. The van der Waals surface area contributed by atoms with E-state index in [0.29, 0.717) is 0 Å². The maximum absolute atomic E-state index is 13.6. The van der Waals surface area contributed by atoms with E-state index in [-0.39, 0.29) is 30.8 Å². The molecule has 5 amide bonds. The zero-order chi connectivity index (χ0) is 76.5. The van der Waals surface area contributed by atoms with Crippen molar-refractivity contribution in [3.05, 3.63) is 0 Å². The molecule has 97 heavy (non-hydrogen) atoms. The second-order valence-corrected chi connectivity index (χ2v) is 28.8. The molecular formula is C55H97N7O31P4. The Morgan fingerprint density at radius 2 is 0.588 bits per heavy atom. The monoisotopic (exact) mass is 1480 g/mol. The first kappa shape index (κ1) is 93.6. The summed E-state index contributed by atoms with van der Waals surface area (Å²) in [6.45, 7) is 18.9. The van der Waals surface area contributed by atoms with E-state index in [1.807, 2.05) is 0 Å². The van der Waals surface area contributed by atoms with Gasteiger partial charge in [0.25, 0.3) is 0 Å². The molecular weight excluding hydrogens is 1380 g/mol. The molecule has 0 aliphatic carbocycles. The number of Topliss-reactive ketones (excluding diaryl/α,β-unsaturated/α-hetero) is 8. The van der Waals surface area contributed by atoms with Gasteiger partial charge in [-0.25, -0.2) is 18.3 Å². The Kier molecular flexibility index (Phi) is 40.5. The van der Waals surface area contributed by atoms with Crippen LogP contribution in [0.2, 0.25) is 0 Å². The van der Waals surface area contributed by atoms with Crippen LogP contribution < -0.4 is 37.6 Å². The van der Waals surface area contributed by atoms with Crippen molar-refractivity contribution < 1.29 is 148 Å². The molecule has 0 bridgehead atoms. The highest BCUT2D eigenvalue weighted by molar-refractivity contribution is 7.47. The number of carboxylic acid groups (broad SMARTS) is 1. The van der Waals surface area contributed by atoms with Gasteiger partial charge in [0.1, 0.15) is 29.4 Å². The number of nitrogens with two attached hydrogens (primary N) is 1. The quantitative estimate of drug-likeness (QED) is 0.0332. The van der Waals surface area contributed by atoms with Gasteiger partial charge in [0.15, 0.2) is 28.9 Å². The van der Waals surface area contributed by atoms with Gasteiger partial charge < -0.3 is 81.9 Å². The zero-order valence-electron chi connectivity index (χ0n) is 56.7. The number of ketones is 8. The fourth-order valence-corrected chi connectivity index (χ4v) is 10.9. The van der Waals surface area contributed by atoms with Crippen LogP contribution in [0.25, 0.3) is 0 Å². The van der Waals surface area contributed by atoms with E-state index >= 15 is 0 Å². The number of hydrogen-bond donors (Lipinski definition) is 16. The minimum Gasteiger partial charge on any atom is -0.481 e. The van der Waals surface area contributed by atoms with Crippen LogP contribution in [0, 0.1) is 41.4 Å². The van der Waals surface area contributed by atoms with Crippen molar-refractivity contribution in [3.63, 3.8) is 0 Å². The lowest BCUT2D eigenvalue weighted by Crippen LogP contribution is -2.51. The van der Waals surface area contributed by atoms with Gasteiger partial charge in [-0.05, 0) is 76.3 Å². The van der Waals surface area contributed by atoms with Crippen LogP contribution in [0.3, 0.4) is 0 Å². The highest BCUT2D eigenvalue weighted by Crippen LogP contribution is 2.42. The lowest BCUT2D eigenvalue weighted by Gasteiger charge is -2.27. The van der Waals surface area contributed by atoms with E-state index in [1.54, 1.807) is 6.92 Å². The number of amides is 5. The molecule has 42 heteroatoms. The standard InChI is InChI=1S/C39H68N5O22P3.C16H29N2O9P/c1-17(24(8)45)12-32(49)34(26(10)65-68(58,59)60)43-38(53)19(3)14-30(47)22(6)42-39(54)28(25(9)64-67(55,56)57)16-31(48)23(7)41-36(51)20(4)15-33(50)35(27(11)66-69(61,62)63)44-37(52)18(2)13-29(46)21(5)40;1-8(16(22)23)6-13(19)10(3)18-15(21)12(7-14(20)9(2)17-5)11(4)27-28(24,25)26/h17-23,25-28,34-35H,12-16,40H2,1-11H3,(H,41,51)(H,42,54)(H,43,53)(H,44,52)(H2,55,56,57)(H2,58,59,60)(H2,61,62,63);8-12,17H,6-7H2,1-5H3,(H,18,21)(H,22,23)(H2,24,25,26)/t17-,18-,19-,20-,21+,22+,23+,25-,26-,27-,28+,34+,35+;8-,9+,10+,11-,12+/m11/s1. The number of phosphoric acid groups is 4. The summed E-state index contributed by atoms with van der Waals surface area (Å²) in [7, 11) is -19.1. The number of carboxylic acids is 1. The van der Waals surface area contributed by atoms with Crippen molar-refractivity contribution in [2.75, 3.05) is 7.05 Å². The summed E-state index contributed by atoms with van der Waals surface area (Å²) in [5.41, 5.74) is 5.55. The number of carbonyl (C=O) groups is 14. The Bertz CT molecular complexity index is 3000. The molecule has 17 N–H and O–H groups in total. The predicted molar refractivity (Wildman–Crippen MR) is 338 cm³/mol. The summed E-state index contributed by atoms with van der Waals surface area (Å²) in [6.07, 6.45) is -9.93. The molecule has 0 unspecified atom stereocenters. The fraction of sp³-hybridized carbons (Fsp3) is 0.745. The molecule has 0 radical (unpaired) electrons. The molecule has 558 valence electrons. The molecule has 0 saturated carbocycles.